The van der Waals surface area contributed by atoms with Crippen LogP contribution in [0.5, 0.6) is 0 Å². The second-order valence-corrected chi connectivity index (χ2v) is 6.72. The zero-order chi connectivity index (χ0) is 18.5. The van der Waals surface area contributed by atoms with Gasteiger partial charge in [-0.25, -0.2) is 4.79 Å². The summed E-state index contributed by atoms with van der Waals surface area (Å²) >= 11 is 4.92. The van der Waals surface area contributed by atoms with Gasteiger partial charge in [-0.3, -0.25) is 10.1 Å². The molecule has 1 fully saturated rings. The SMILES string of the molecule is O=C1NC(=S)N/C1=C/c1cc2cc(-c3ccc4c(c3)COC4=O)ccc2o1. The molecule has 27 heavy (non-hydrogen) atoms. The fourth-order valence-electron chi connectivity index (χ4n) is 3.25. The summed E-state index contributed by atoms with van der Waals surface area (Å²) in [6, 6.07) is 13.4. The Morgan fingerprint density at radius 1 is 1.00 bits per heavy atom. The quantitative estimate of drug-likeness (QED) is 0.406. The summed E-state index contributed by atoms with van der Waals surface area (Å²) < 4.78 is 10.8. The number of benzene rings is 2. The predicted octanol–water partition coefficient (Wildman–Crippen LogP) is 3.12. The lowest BCUT2D eigenvalue weighted by Crippen LogP contribution is -2.21. The Morgan fingerprint density at radius 2 is 1.81 bits per heavy atom. The summed E-state index contributed by atoms with van der Waals surface area (Å²) in [5.41, 5.74) is 4.58. The molecule has 2 aliphatic heterocycles. The van der Waals surface area contributed by atoms with Gasteiger partial charge in [-0.05, 0) is 53.7 Å². The van der Waals surface area contributed by atoms with Gasteiger partial charge < -0.3 is 14.5 Å². The van der Waals surface area contributed by atoms with E-state index in [1.165, 1.54) is 0 Å². The lowest BCUT2D eigenvalue weighted by atomic mass is 9.99. The van der Waals surface area contributed by atoms with Crippen LogP contribution in [0.3, 0.4) is 0 Å². The molecule has 0 spiro atoms. The summed E-state index contributed by atoms with van der Waals surface area (Å²) in [5, 5.41) is 6.50. The molecule has 1 amide bonds. The molecule has 0 bridgehead atoms. The number of carbonyl (C=O) groups excluding carboxylic acids is 2. The van der Waals surface area contributed by atoms with Gasteiger partial charge in [0.15, 0.2) is 5.11 Å². The molecule has 3 heterocycles. The van der Waals surface area contributed by atoms with E-state index >= 15 is 0 Å². The van der Waals surface area contributed by atoms with E-state index in [0.717, 1.165) is 22.1 Å². The minimum Gasteiger partial charge on any atom is -0.457 e. The lowest BCUT2D eigenvalue weighted by molar-refractivity contribution is -0.115. The van der Waals surface area contributed by atoms with Crippen LogP contribution >= 0.6 is 12.2 Å². The van der Waals surface area contributed by atoms with Crippen LogP contribution in [0.15, 0.2) is 52.6 Å². The minimum atomic E-state index is -0.281. The fourth-order valence-corrected chi connectivity index (χ4v) is 3.45. The first-order valence-electron chi connectivity index (χ1n) is 8.25. The van der Waals surface area contributed by atoms with E-state index in [0.29, 0.717) is 29.2 Å². The van der Waals surface area contributed by atoms with Crippen LogP contribution in [0.4, 0.5) is 0 Å². The second kappa shape index (κ2) is 5.78. The van der Waals surface area contributed by atoms with Crippen molar-refractivity contribution >= 4 is 46.3 Å². The van der Waals surface area contributed by atoms with E-state index < -0.39 is 0 Å². The molecule has 0 radical (unpaired) electrons. The number of fused-ring (bicyclic) bond motifs is 2. The van der Waals surface area contributed by atoms with Crippen molar-refractivity contribution in [3.05, 3.63) is 65.0 Å². The maximum absolute atomic E-state index is 11.8. The molecule has 0 unspecified atom stereocenters. The van der Waals surface area contributed by atoms with E-state index in [4.69, 9.17) is 21.4 Å². The number of hydrogen-bond donors (Lipinski definition) is 2. The number of furan rings is 1. The van der Waals surface area contributed by atoms with Crippen molar-refractivity contribution in [2.45, 2.75) is 6.61 Å². The molecule has 6 nitrogen and oxygen atoms in total. The van der Waals surface area contributed by atoms with E-state index in [9.17, 15) is 9.59 Å². The van der Waals surface area contributed by atoms with Crippen LogP contribution in [0.25, 0.3) is 28.2 Å². The molecule has 0 saturated carbocycles. The smallest absolute Gasteiger partial charge is 0.338 e. The Hall–Kier alpha value is -3.45. The number of nitrogens with one attached hydrogen (secondary N) is 2. The Bertz CT molecular complexity index is 1190. The highest BCUT2D eigenvalue weighted by molar-refractivity contribution is 7.80. The third kappa shape index (κ3) is 2.69. The van der Waals surface area contributed by atoms with Gasteiger partial charge in [0.05, 0.1) is 5.56 Å². The number of cyclic esters (lactones) is 1. The van der Waals surface area contributed by atoms with Gasteiger partial charge in [-0.2, -0.15) is 0 Å². The van der Waals surface area contributed by atoms with Crippen LogP contribution in [0.2, 0.25) is 0 Å². The molecule has 5 rings (SSSR count). The first-order valence-corrected chi connectivity index (χ1v) is 8.66. The third-order valence-electron chi connectivity index (χ3n) is 4.56. The summed E-state index contributed by atoms with van der Waals surface area (Å²) in [6.45, 7) is 0.310. The maximum atomic E-state index is 11.8. The lowest BCUT2D eigenvalue weighted by Gasteiger charge is -2.03. The monoisotopic (exact) mass is 376 g/mol. The van der Waals surface area contributed by atoms with Crippen LogP contribution in [0.1, 0.15) is 21.7 Å². The summed E-state index contributed by atoms with van der Waals surface area (Å²) in [7, 11) is 0. The number of hydrogen-bond acceptors (Lipinski definition) is 5. The number of thiocarbonyl (C=S) groups is 1. The number of ether oxygens (including phenoxy) is 1. The molecule has 3 aromatic rings. The van der Waals surface area contributed by atoms with Gasteiger partial charge in [0.25, 0.3) is 5.91 Å². The molecular weight excluding hydrogens is 364 g/mol. The molecule has 0 atom stereocenters. The summed E-state index contributed by atoms with van der Waals surface area (Å²) in [5.74, 6) is -0.00272. The van der Waals surface area contributed by atoms with Crippen molar-refractivity contribution in [3.8, 4) is 11.1 Å². The first-order chi connectivity index (χ1) is 13.1. The van der Waals surface area contributed by atoms with E-state index in [1.54, 1.807) is 12.1 Å². The molecular formula is C20H12N2O4S. The van der Waals surface area contributed by atoms with Crippen molar-refractivity contribution in [2.24, 2.45) is 0 Å². The van der Waals surface area contributed by atoms with Gasteiger partial charge in [0.2, 0.25) is 0 Å². The van der Waals surface area contributed by atoms with Gasteiger partial charge in [-0.15, -0.1) is 0 Å². The minimum absolute atomic E-state index is 0.274. The highest BCUT2D eigenvalue weighted by atomic mass is 32.1. The van der Waals surface area contributed by atoms with Crippen molar-refractivity contribution in [3.63, 3.8) is 0 Å². The summed E-state index contributed by atoms with van der Waals surface area (Å²) in [6.07, 6.45) is 1.62. The molecule has 2 N–H and O–H groups in total. The van der Waals surface area contributed by atoms with E-state index in [-0.39, 0.29) is 17.0 Å². The number of esters is 1. The highest BCUT2D eigenvalue weighted by Gasteiger charge is 2.22. The van der Waals surface area contributed by atoms with Crippen molar-refractivity contribution < 1.29 is 18.7 Å². The Balaban J connectivity index is 1.51. The number of amides is 1. The number of rotatable bonds is 2. The largest absolute Gasteiger partial charge is 0.457 e. The van der Waals surface area contributed by atoms with Crippen molar-refractivity contribution in [1.29, 1.82) is 0 Å². The second-order valence-electron chi connectivity index (χ2n) is 6.32. The standard InChI is InChI=1S/C20H12N2O4S/c23-18-16(21-20(27)22-18)8-14-7-12-5-11(2-4-17(12)26-14)10-1-3-15-13(6-10)9-25-19(15)24/h1-8H,9H2,(H2,21,22,23,27)/b16-8+. The van der Waals surface area contributed by atoms with E-state index in [2.05, 4.69) is 10.6 Å². The van der Waals surface area contributed by atoms with Crippen LogP contribution in [-0.4, -0.2) is 17.0 Å². The molecule has 0 aliphatic carbocycles. The number of carbonyl (C=O) groups is 2. The Labute approximate surface area is 158 Å². The molecule has 2 aliphatic rings. The molecule has 2 aromatic carbocycles. The Kier molecular flexibility index (Phi) is 3.38. The highest BCUT2D eigenvalue weighted by Crippen LogP contribution is 2.30. The van der Waals surface area contributed by atoms with Crippen LogP contribution in [-0.2, 0) is 16.1 Å². The third-order valence-corrected chi connectivity index (χ3v) is 4.76. The molecule has 132 valence electrons. The van der Waals surface area contributed by atoms with Gasteiger partial charge >= 0.3 is 5.97 Å². The topological polar surface area (TPSA) is 80.6 Å². The zero-order valence-corrected chi connectivity index (χ0v) is 14.7. The van der Waals surface area contributed by atoms with E-state index in [1.807, 2.05) is 36.4 Å². The van der Waals surface area contributed by atoms with Gasteiger partial charge in [-0.1, -0.05) is 12.1 Å². The predicted molar refractivity (Wildman–Crippen MR) is 103 cm³/mol. The maximum Gasteiger partial charge on any atom is 0.338 e. The van der Waals surface area contributed by atoms with Crippen LogP contribution < -0.4 is 10.6 Å². The molecule has 7 heteroatoms. The van der Waals surface area contributed by atoms with Crippen molar-refractivity contribution in [1.82, 2.24) is 10.6 Å². The average Bonchev–Trinajstić information content (AvgIpc) is 3.31. The normalized spacial score (nSPS) is 17.2. The summed E-state index contributed by atoms with van der Waals surface area (Å²) in [4.78, 5) is 23.3. The van der Waals surface area contributed by atoms with Crippen LogP contribution in [0, 0.1) is 0 Å². The Morgan fingerprint density at radius 3 is 2.63 bits per heavy atom. The van der Waals surface area contributed by atoms with Crippen molar-refractivity contribution in [2.75, 3.05) is 0 Å². The van der Waals surface area contributed by atoms with Gasteiger partial charge in [0, 0.05) is 17.0 Å². The average molecular weight is 376 g/mol. The van der Waals surface area contributed by atoms with Gasteiger partial charge in [0.1, 0.15) is 23.6 Å². The zero-order valence-electron chi connectivity index (χ0n) is 13.9. The first kappa shape index (κ1) is 15.8. The molecule has 1 aromatic heterocycles. The molecule has 1 saturated heterocycles. The fraction of sp³-hybridized carbons (Fsp3) is 0.0500.